The minimum Gasteiger partial charge on any atom is -0.497 e. The summed E-state index contributed by atoms with van der Waals surface area (Å²) >= 11 is 0. The van der Waals surface area contributed by atoms with Gasteiger partial charge in [0.05, 0.1) is 32.1 Å². The van der Waals surface area contributed by atoms with Crippen LogP contribution in [-0.2, 0) is 17.6 Å². The number of nitrogens with one attached hydrogen (secondary N) is 1. The van der Waals surface area contributed by atoms with Crippen molar-refractivity contribution in [2.24, 2.45) is 0 Å². The highest BCUT2D eigenvalue weighted by molar-refractivity contribution is 6.43. The summed E-state index contributed by atoms with van der Waals surface area (Å²) in [7, 11) is 1.18. The van der Waals surface area contributed by atoms with Gasteiger partial charge in [0.1, 0.15) is 11.5 Å². The van der Waals surface area contributed by atoms with Crippen molar-refractivity contribution in [3.63, 3.8) is 0 Å². The molecule has 2 aromatic carbocycles. The molecule has 1 atom stereocenters. The van der Waals surface area contributed by atoms with Crippen LogP contribution in [0.5, 0.6) is 11.5 Å². The average Bonchev–Trinajstić information content (AvgIpc) is 2.67. The van der Waals surface area contributed by atoms with Gasteiger partial charge in [-0.3, -0.25) is 4.79 Å². The zero-order valence-corrected chi connectivity index (χ0v) is 15.6. The predicted molar refractivity (Wildman–Crippen MR) is 102 cm³/mol. The number of hydrogen-bond donors (Lipinski definition) is 4. The Labute approximate surface area is 162 Å². The van der Waals surface area contributed by atoms with E-state index in [1.807, 2.05) is 0 Å². The number of hydrogen-bond acceptors (Lipinski definition) is 6. The molecule has 0 fully saturated rings. The maximum Gasteiger partial charge on any atom is 0.475 e. The van der Waals surface area contributed by atoms with Crippen molar-refractivity contribution in [1.29, 1.82) is 0 Å². The molecule has 0 bridgehead atoms. The molecule has 0 aliphatic heterocycles. The second-order valence-electron chi connectivity index (χ2n) is 6.15. The molecular formula is C19H22BNO7. The quantitative estimate of drug-likeness (QED) is 0.467. The Balaban J connectivity index is 2.11. The van der Waals surface area contributed by atoms with E-state index in [0.29, 0.717) is 22.6 Å². The first-order valence-corrected chi connectivity index (χ1v) is 8.52. The van der Waals surface area contributed by atoms with E-state index in [0.717, 1.165) is 0 Å². The van der Waals surface area contributed by atoms with Crippen LogP contribution in [0.1, 0.15) is 21.5 Å². The fourth-order valence-electron chi connectivity index (χ4n) is 2.77. The molecule has 0 saturated carbocycles. The summed E-state index contributed by atoms with van der Waals surface area (Å²) in [5.41, 5.74) is 1.21. The van der Waals surface area contributed by atoms with Gasteiger partial charge in [0.15, 0.2) is 0 Å². The van der Waals surface area contributed by atoms with Crippen molar-refractivity contribution in [3.8, 4) is 11.5 Å². The number of aromatic carboxylic acids is 1. The fraction of sp³-hybridized carbons (Fsp3) is 0.263. The zero-order chi connectivity index (χ0) is 20.7. The van der Waals surface area contributed by atoms with Crippen LogP contribution < -0.4 is 14.8 Å². The lowest BCUT2D eigenvalue weighted by Gasteiger charge is -2.19. The number of carboxylic acids is 1. The van der Waals surface area contributed by atoms with Gasteiger partial charge in [-0.25, -0.2) is 4.79 Å². The van der Waals surface area contributed by atoms with Crippen molar-refractivity contribution in [2.75, 3.05) is 14.2 Å². The highest BCUT2D eigenvalue weighted by atomic mass is 16.5. The Kier molecular flexibility index (Phi) is 7.42. The van der Waals surface area contributed by atoms with Gasteiger partial charge in [0, 0.05) is 5.56 Å². The summed E-state index contributed by atoms with van der Waals surface area (Å²) in [6.45, 7) is 0. The molecule has 2 aromatic rings. The molecular weight excluding hydrogens is 365 g/mol. The third kappa shape index (κ3) is 5.73. The van der Waals surface area contributed by atoms with Crippen LogP contribution in [0.2, 0.25) is 0 Å². The second kappa shape index (κ2) is 9.77. The Bertz CT molecular complexity index is 841. The maximum absolute atomic E-state index is 12.4. The number of amides is 1. The number of methoxy groups -OCH3 is 2. The maximum atomic E-state index is 12.4. The molecule has 0 aliphatic rings. The smallest absolute Gasteiger partial charge is 0.475 e. The molecule has 28 heavy (non-hydrogen) atoms. The van der Waals surface area contributed by atoms with Crippen molar-refractivity contribution in [3.05, 3.63) is 59.2 Å². The molecule has 8 nitrogen and oxygen atoms in total. The summed E-state index contributed by atoms with van der Waals surface area (Å²) in [5, 5.41) is 30.9. The summed E-state index contributed by atoms with van der Waals surface area (Å²) in [4.78, 5) is 23.5. The third-order valence-corrected chi connectivity index (χ3v) is 4.17. The van der Waals surface area contributed by atoms with Gasteiger partial charge < -0.3 is 29.9 Å². The van der Waals surface area contributed by atoms with Crippen LogP contribution in [0.4, 0.5) is 0 Å². The minimum atomic E-state index is -1.82. The standard InChI is InChI=1S/C19H22BNO7/c1-27-15-6-7-16(28-2)14(10-15)11-18(22)21-17(20(25)26)9-12-4-3-5-13(8-12)19(23)24/h3-8,10,17,25-26H,9,11H2,1-2H3,(H,21,22)(H,23,24)/t17-/m0/s1. The van der Waals surface area contributed by atoms with Crippen LogP contribution in [0, 0.1) is 0 Å². The molecule has 148 valence electrons. The van der Waals surface area contributed by atoms with Gasteiger partial charge >= 0.3 is 13.1 Å². The van der Waals surface area contributed by atoms with Crippen molar-refractivity contribution >= 4 is 19.0 Å². The SMILES string of the molecule is COc1ccc(OC)c(CC(=O)N[C@@H](Cc2cccc(C(=O)O)c2)B(O)O)c1. The fourth-order valence-corrected chi connectivity index (χ4v) is 2.77. The molecule has 9 heteroatoms. The van der Waals surface area contributed by atoms with Crippen LogP contribution in [0.15, 0.2) is 42.5 Å². The monoisotopic (exact) mass is 387 g/mol. The van der Waals surface area contributed by atoms with Gasteiger partial charge in [-0.2, -0.15) is 0 Å². The van der Waals surface area contributed by atoms with E-state index in [4.69, 9.17) is 14.6 Å². The zero-order valence-electron chi connectivity index (χ0n) is 15.6. The number of carbonyl (C=O) groups excluding carboxylic acids is 1. The van der Waals surface area contributed by atoms with E-state index in [1.54, 1.807) is 30.3 Å². The van der Waals surface area contributed by atoms with E-state index < -0.39 is 24.9 Å². The number of carbonyl (C=O) groups is 2. The first kappa shape index (κ1) is 21.3. The van der Waals surface area contributed by atoms with Gasteiger partial charge in [0.25, 0.3) is 0 Å². The van der Waals surface area contributed by atoms with Crippen LogP contribution in [0.3, 0.4) is 0 Å². The summed E-state index contributed by atoms with van der Waals surface area (Å²) in [6, 6.07) is 11.1. The molecule has 0 aromatic heterocycles. The van der Waals surface area contributed by atoms with Crippen LogP contribution in [-0.4, -0.2) is 54.3 Å². The van der Waals surface area contributed by atoms with Crippen molar-refractivity contribution in [2.45, 2.75) is 18.8 Å². The van der Waals surface area contributed by atoms with Crippen molar-refractivity contribution in [1.82, 2.24) is 5.32 Å². The first-order valence-electron chi connectivity index (χ1n) is 8.52. The first-order chi connectivity index (χ1) is 13.3. The lowest BCUT2D eigenvalue weighted by molar-refractivity contribution is -0.120. The number of ether oxygens (including phenoxy) is 2. The van der Waals surface area contributed by atoms with Crippen molar-refractivity contribution < 1.29 is 34.2 Å². The van der Waals surface area contributed by atoms with E-state index in [-0.39, 0.29) is 18.4 Å². The lowest BCUT2D eigenvalue weighted by atomic mass is 9.75. The summed E-state index contributed by atoms with van der Waals surface area (Å²) < 4.78 is 10.4. The van der Waals surface area contributed by atoms with Gasteiger partial charge in [-0.1, -0.05) is 12.1 Å². The molecule has 0 unspecified atom stereocenters. The summed E-state index contributed by atoms with van der Waals surface area (Å²) in [5.74, 6) is -1.47. The molecule has 0 heterocycles. The second-order valence-corrected chi connectivity index (χ2v) is 6.15. The Hall–Kier alpha value is -3.04. The lowest BCUT2D eigenvalue weighted by Crippen LogP contribution is -2.48. The highest BCUT2D eigenvalue weighted by Crippen LogP contribution is 2.24. The summed E-state index contributed by atoms with van der Waals surface area (Å²) in [6.07, 6.45) is -0.00146. The van der Waals surface area contributed by atoms with Gasteiger partial charge in [-0.15, -0.1) is 0 Å². The number of benzene rings is 2. The van der Waals surface area contributed by atoms with Gasteiger partial charge in [-0.05, 0) is 42.3 Å². The number of carboxylic acid groups (broad SMARTS) is 1. The topological polar surface area (TPSA) is 125 Å². The van der Waals surface area contributed by atoms with Crippen LogP contribution >= 0.6 is 0 Å². The largest absolute Gasteiger partial charge is 0.497 e. The normalized spacial score (nSPS) is 11.4. The van der Waals surface area contributed by atoms with E-state index in [1.165, 1.54) is 26.4 Å². The highest BCUT2D eigenvalue weighted by Gasteiger charge is 2.26. The van der Waals surface area contributed by atoms with Gasteiger partial charge in [0.2, 0.25) is 5.91 Å². The molecule has 0 radical (unpaired) electrons. The number of rotatable bonds is 9. The third-order valence-electron chi connectivity index (χ3n) is 4.17. The van der Waals surface area contributed by atoms with E-state index in [9.17, 15) is 19.6 Å². The van der Waals surface area contributed by atoms with E-state index >= 15 is 0 Å². The minimum absolute atomic E-state index is 0.0553. The Morgan fingerprint density at radius 3 is 2.46 bits per heavy atom. The predicted octanol–water partition coefficient (Wildman–Crippen LogP) is 0.684. The van der Waals surface area contributed by atoms with E-state index in [2.05, 4.69) is 5.32 Å². The Morgan fingerprint density at radius 1 is 1.11 bits per heavy atom. The Morgan fingerprint density at radius 2 is 1.86 bits per heavy atom. The van der Waals surface area contributed by atoms with Crippen LogP contribution in [0.25, 0.3) is 0 Å². The molecule has 0 aliphatic carbocycles. The average molecular weight is 387 g/mol. The molecule has 4 N–H and O–H groups in total. The molecule has 0 saturated heterocycles. The molecule has 2 rings (SSSR count). The molecule has 1 amide bonds. The molecule has 0 spiro atoms.